The van der Waals surface area contributed by atoms with Crippen molar-refractivity contribution < 1.29 is 9.90 Å². The molecule has 0 bridgehead atoms. The molecule has 0 saturated heterocycles. The highest BCUT2D eigenvalue weighted by atomic mass is 16.3. The average Bonchev–Trinajstić information content (AvgIpc) is 2.90. The maximum atomic E-state index is 12.3. The molecule has 0 unspecified atom stereocenters. The summed E-state index contributed by atoms with van der Waals surface area (Å²) >= 11 is 0. The SMILES string of the molecule is CCc1nn(C)cc1NC(=O)NCC1(c2ccccc2)CC(O)C1. The summed E-state index contributed by atoms with van der Waals surface area (Å²) in [4.78, 5) is 12.3. The third-order valence-corrected chi connectivity index (χ3v) is 4.71. The van der Waals surface area contributed by atoms with Gasteiger partial charge in [-0.25, -0.2) is 4.79 Å². The van der Waals surface area contributed by atoms with Gasteiger partial charge in [0.25, 0.3) is 0 Å². The van der Waals surface area contributed by atoms with Crippen LogP contribution in [0.5, 0.6) is 0 Å². The van der Waals surface area contributed by atoms with E-state index in [9.17, 15) is 9.90 Å². The largest absolute Gasteiger partial charge is 0.393 e. The lowest BCUT2D eigenvalue weighted by atomic mass is 9.62. The van der Waals surface area contributed by atoms with Gasteiger partial charge in [-0.1, -0.05) is 37.3 Å². The Morgan fingerprint density at radius 1 is 1.38 bits per heavy atom. The number of nitrogens with one attached hydrogen (secondary N) is 2. The van der Waals surface area contributed by atoms with Crippen LogP contribution in [0.4, 0.5) is 10.5 Å². The topological polar surface area (TPSA) is 79.2 Å². The number of hydrogen-bond donors (Lipinski definition) is 3. The second kappa shape index (κ2) is 6.65. The summed E-state index contributed by atoms with van der Waals surface area (Å²) in [5.74, 6) is 0. The number of urea groups is 1. The third-order valence-electron chi connectivity index (χ3n) is 4.71. The molecule has 6 heteroatoms. The number of aliphatic hydroxyl groups is 1. The molecule has 2 aromatic rings. The number of aromatic nitrogens is 2. The molecule has 1 aromatic carbocycles. The number of nitrogens with zero attached hydrogens (tertiary/aromatic N) is 2. The van der Waals surface area contributed by atoms with E-state index in [4.69, 9.17) is 0 Å². The number of hydrogen-bond acceptors (Lipinski definition) is 3. The number of rotatable bonds is 5. The molecule has 1 saturated carbocycles. The number of carbonyl (C=O) groups excluding carboxylic acids is 1. The standard InChI is InChI=1S/C18H24N4O2/c1-3-15-16(11-22(2)21-15)20-17(24)19-12-18(9-14(23)10-18)13-7-5-4-6-8-13/h4-8,11,14,23H,3,9-10,12H2,1-2H3,(H2,19,20,24). The Hall–Kier alpha value is -2.34. The molecular weight excluding hydrogens is 304 g/mol. The average molecular weight is 328 g/mol. The Morgan fingerprint density at radius 2 is 2.08 bits per heavy atom. The molecule has 1 aliphatic rings. The maximum absolute atomic E-state index is 12.3. The zero-order valence-electron chi connectivity index (χ0n) is 14.1. The van der Waals surface area contributed by atoms with Crippen LogP contribution in [0.25, 0.3) is 0 Å². The summed E-state index contributed by atoms with van der Waals surface area (Å²) in [7, 11) is 1.84. The zero-order chi connectivity index (χ0) is 17.2. The number of anilines is 1. The van der Waals surface area contributed by atoms with E-state index in [0.717, 1.165) is 23.4 Å². The molecule has 0 aliphatic heterocycles. The number of aryl methyl sites for hydroxylation is 2. The lowest BCUT2D eigenvalue weighted by Gasteiger charge is -2.46. The Balaban J connectivity index is 1.64. The Labute approximate surface area is 141 Å². The molecule has 1 aliphatic carbocycles. The molecule has 1 aromatic heterocycles. The molecule has 3 N–H and O–H groups in total. The van der Waals surface area contributed by atoms with Crippen LogP contribution in [0.15, 0.2) is 36.5 Å². The number of amides is 2. The molecule has 0 radical (unpaired) electrons. The van der Waals surface area contributed by atoms with Gasteiger partial charge >= 0.3 is 6.03 Å². The van der Waals surface area contributed by atoms with Crippen molar-refractivity contribution in [1.29, 1.82) is 0 Å². The fraction of sp³-hybridized carbons (Fsp3) is 0.444. The minimum Gasteiger partial charge on any atom is -0.393 e. The van der Waals surface area contributed by atoms with E-state index in [1.54, 1.807) is 10.9 Å². The first kappa shape index (κ1) is 16.5. The van der Waals surface area contributed by atoms with Crippen molar-refractivity contribution in [3.63, 3.8) is 0 Å². The number of aliphatic hydroxyl groups excluding tert-OH is 1. The van der Waals surface area contributed by atoms with Crippen molar-refractivity contribution in [2.24, 2.45) is 7.05 Å². The predicted octanol–water partition coefficient (Wildman–Crippen LogP) is 2.20. The fourth-order valence-corrected chi connectivity index (χ4v) is 3.43. The summed E-state index contributed by atoms with van der Waals surface area (Å²) in [5, 5.41) is 19.9. The normalized spacial score (nSPS) is 22.7. The number of carbonyl (C=O) groups is 1. The van der Waals surface area contributed by atoms with Crippen molar-refractivity contribution in [1.82, 2.24) is 15.1 Å². The first-order chi connectivity index (χ1) is 11.5. The van der Waals surface area contributed by atoms with Crippen molar-refractivity contribution in [3.8, 4) is 0 Å². The quantitative estimate of drug-likeness (QED) is 0.787. The molecule has 6 nitrogen and oxygen atoms in total. The van der Waals surface area contributed by atoms with Crippen LogP contribution in [-0.4, -0.2) is 33.6 Å². The van der Waals surface area contributed by atoms with Gasteiger partial charge in [-0.2, -0.15) is 5.10 Å². The van der Waals surface area contributed by atoms with Crippen molar-refractivity contribution in [2.45, 2.75) is 37.7 Å². The maximum Gasteiger partial charge on any atom is 0.319 e. The van der Waals surface area contributed by atoms with Gasteiger partial charge in [0.1, 0.15) is 0 Å². The molecule has 1 heterocycles. The van der Waals surface area contributed by atoms with Gasteiger partial charge in [-0.05, 0) is 24.8 Å². The lowest BCUT2D eigenvalue weighted by molar-refractivity contribution is 0.0193. The van der Waals surface area contributed by atoms with E-state index in [1.807, 2.05) is 32.2 Å². The molecule has 2 amide bonds. The molecule has 0 atom stereocenters. The van der Waals surface area contributed by atoms with E-state index in [0.29, 0.717) is 19.4 Å². The molecule has 0 spiro atoms. The van der Waals surface area contributed by atoms with Gasteiger partial charge in [0, 0.05) is 25.2 Å². The molecule has 3 rings (SSSR count). The highest BCUT2D eigenvalue weighted by molar-refractivity contribution is 5.89. The predicted molar refractivity (Wildman–Crippen MR) is 93.0 cm³/mol. The Bertz CT molecular complexity index is 705. The Morgan fingerprint density at radius 3 is 2.71 bits per heavy atom. The van der Waals surface area contributed by atoms with Crippen LogP contribution in [0, 0.1) is 0 Å². The molecular formula is C18H24N4O2. The summed E-state index contributed by atoms with van der Waals surface area (Å²) in [6.07, 6.45) is 3.62. The minimum atomic E-state index is -0.292. The highest BCUT2D eigenvalue weighted by Crippen LogP contribution is 2.43. The Kier molecular flexibility index (Phi) is 4.57. The monoisotopic (exact) mass is 328 g/mol. The molecule has 24 heavy (non-hydrogen) atoms. The smallest absolute Gasteiger partial charge is 0.319 e. The van der Waals surface area contributed by atoms with Crippen LogP contribution in [0.2, 0.25) is 0 Å². The van der Waals surface area contributed by atoms with Crippen LogP contribution >= 0.6 is 0 Å². The van der Waals surface area contributed by atoms with Crippen LogP contribution in [-0.2, 0) is 18.9 Å². The van der Waals surface area contributed by atoms with E-state index in [-0.39, 0.29) is 17.6 Å². The second-order valence-corrected chi connectivity index (χ2v) is 6.53. The summed E-state index contributed by atoms with van der Waals surface area (Å²) in [6.45, 7) is 2.51. The van der Waals surface area contributed by atoms with Crippen LogP contribution in [0.3, 0.4) is 0 Å². The van der Waals surface area contributed by atoms with Crippen LogP contribution in [0.1, 0.15) is 31.0 Å². The van der Waals surface area contributed by atoms with Crippen LogP contribution < -0.4 is 10.6 Å². The van der Waals surface area contributed by atoms with Crippen molar-refractivity contribution in [3.05, 3.63) is 47.8 Å². The fourth-order valence-electron chi connectivity index (χ4n) is 3.43. The van der Waals surface area contributed by atoms with Crippen molar-refractivity contribution >= 4 is 11.7 Å². The summed E-state index contributed by atoms with van der Waals surface area (Å²) in [6, 6.07) is 9.83. The summed E-state index contributed by atoms with van der Waals surface area (Å²) in [5.41, 5.74) is 2.58. The van der Waals surface area contributed by atoms with Gasteiger partial charge in [0.2, 0.25) is 0 Å². The molecule has 1 fully saturated rings. The van der Waals surface area contributed by atoms with Gasteiger partial charge < -0.3 is 15.7 Å². The first-order valence-corrected chi connectivity index (χ1v) is 8.33. The van der Waals surface area contributed by atoms with E-state index in [2.05, 4.69) is 27.9 Å². The lowest BCUT2D eigenvalue weighted by Crippen LogP contribution is -2.52. The minimum absolute atomic E-state index is 0.180. The van der Waals surface area contributed by atoms with Gasteiger partial charge in [-0.3, -0.25) is 4.68 Å². The van der Waals surface area contributed by atoms with E-state index >= 15 is 0 Å². The number of benzene rings is 1. The third kappa shape index (κ3) is 3.28. The van der Waals surface area contributed by atoms with Crippen molar-refractivity contribution in [2.75, 3.05) is 11.9 Å². The van der Waals surface area contributed by atoms with E-state index in [1.165, 1.54) is 0 Å². The van der Waals surface area contributed by atoms with Gasteiger partial charge in [-0.15, -0.1) is 0 Å². The molecule has 128 valence electrons. The highest BCUT2D eigenvalue weighted by Gasteiger charge is 2.44. The van der Waals surface area contributed by atoms with E-state index < -0.39 is 0 Å². The van der Waals surface area contributed by atoms with Gasteiger partial charge in [0.05, 0.1) is 17.5 Å². The summed E-state index contributed by atoms with van der Waals surface area (Å²) < 4.78 is 1.70. The zero-order valence-corrected chi connectivity index (χ0v) is 14.1. The first-order valence-electron chi connectivity index (χ1n) is 8.33. The second-order valence-electron chi connectivity index (χ2n) is 6.53. The van der Waals surface area contributed by atoms with Gasteiger partial charge in [0.15, 0.2) is 0 Å².